The highest BCUT2D eigenvalue weighted by Crippen LogP contribution is 2.20. The van der Waals surface area contributed by atoms with Crippen molar-refractivity contribution in [1.29, 1.82) is 0 Å². The number of phenols is 1. The maximum absolute atomic E-state index is 14.4. The van der Waals surface area contributed by atoms with E-state index >= 15 is 0 Å². The SMILES string of the molecule is [2H]N1C(=O)CNC(=O)[C@H](CO)NC(=O)[C@@H](C(O)C2CN=C(N)N2)NC(=O)[C@H](C(O)C2CN=C(N)N2)NC(=O)[C@H](Cc2ccc(O)cc2)NC(=O)[C@@H]1C(C)c1ccccc1. The molecule has 0 aromatic heterocycles. The summed E-state index contributed by atoms with van der Waals surface area (Å²) in [5, 5.41) is 60.5. The molecular formula is C36H48N12O10. The molecule has 58 heavy (non-hydrogen) atoms. The highest BCUT2D eigenvalue weighted by atomic mass is 16.3. The van der Waals surface area contributed by atoms with Crippen molar-refractivity contribution >= 4 is 47.4 Å². The molecule has 5 rings (SSSR count). The van der Waals surface area contributed by atoms with E-state index in [1.165, 1.54) is 24.3 Å². The van der Waals surface area contributed by atoms with Crippen molar-refractivity contribution in [3.05, 3.63) is 65.7 Å². The maximum atomic E-state index is 14.4. The van der Waals surface area contributed by atoms with Crippen LogP contribution in [0.4, 0.5) is 0 Å². The first kappa shape index (κ1) is 41.1. The molecule has 3 aliphatic rings. The van der Waals surface area contributed by atoms with E-state index < -0.39 is 109 Å². The maximum Gasteiger partial charge on any atom is 0.246 e. The van der Waals surface area contributed by atoms with Gasteiger partial charge in [0.25, 0.3) is 0 Å². The van der Waals surface area contributed by atoms with Gasteiger partial charge in [0.1, 0.15) is 48.2 Å². The largest absolute Gasteiger partial charge is 0.508 e. The highest BCUT2D eigenvalue weighted by Gasteiger charge is 2.43. The summed E-state index contributed by atoms with van der Waals surface area (Å²) in [4.78, 5) is 91.5. The minimum atomic E-state index is -1.97. The fraction of sp³-hybridized carbons (Fsp3) is 0.444. The Morgan fingerprint density at radius 3 is 1.76 bits per heavy atom. The van der Waals surface area contributed by atoms with E-state index in [1.54, 1.807) is 37.3 Å². The minimum absolute atomic E-state index is 0.0857. The number of nitrogens with one attached hydrogen (secondary N) is 8. The highest BCUT2D eigenvalue weighted by molar-refractivity contribution is 5.98. The predicted octanol–water partition coefficient (Wildman–Crippen LogP) is -6.42. The van der Waals surface area contributed by atoms with Crippen LogP contribution in [-0.2, 0) is 35.2 Å². The van der Waals surface area contributed by atoms with Crippen molar-refractivity contribution in [1.82, 2.24) is 42.5 Å². The van der Waals surface area contributed by atoms with Gasteiger partial charge in [0.05, 0.1) is 38.3 Å². The number of nitrogens with zero attached hydrogens (tertiary/aromatic N) is 2. The molecule has 0 radical (unpaired) electrons. The molecular weight excluding hydrogens is 760 g/mol. The van der Waals surface area contributed by atoms with Gasteiger partial charge in [-0.25, -0.2) is 0 Å². The van der Waals surface area contributed by atoms with Crippen LogP contribution in [0.5, 0.6) is 5.75 Å². The van der Waals surface area contributed by atoms with Crippen LogP contribution in [0.15, 0.2) is 64.6 Å². The monoisotopic (exact) mass is 809 g/mol. The van der Waals surface area contributed by atoms with Crippen LogP contribution in [0.25, 0.3) is 0 Å². The second-order valence-corrected chi connectivity index (χ2v) is 14.0. The van der Waals surface area contributed by atoms with Gasteiger partial charge in [0, 0.05) is 12.3 Å². The third kappa shape index (κ3) is 10.7. The lowest BCUT2D eigenvalue weighted by molar-refractivity contribution is -0.139. The van der Waals surface area contributed by atoms with Gasteiger partial charge < -0.3 is 74.4 Å². The van der Waals surface area contributed by atoms with E-state index in [0.717, 1.165) is 0 Å². The van der Waals surface area contributed by atoms with Gasteiger partial charge in [-0.3, -0.25) is 38.8 Å². The van der Waals surface area contributed by atoms with Crippen molar-refractivity contribution < 1.29 is 50.6 Å². The number of amides is 6. The fourth-order valence-corrected chi connectivity index (χ4v) is 6.53. The number of nitrogens with two attached hydrogens (primary N) is 2. The number of carbonyl (C=O) groups is 6. The molecule has 16 N–H and O–H groups in total. The molecule has 3 heterocycles. The van der Waals surface area contributed by atoms with Crippen molar-refractivity contribution in [3.8, 4) is 5.75 Å². The topological polar surface area (TPSA) is 356 Å². The molecule has 10 atom stereocenters. The summed E-state index contributed by atoms with van der Waals surface area (Å²) in [7, 11) is 0. The van der Waals surface area contributed by atoms with Crippen LogP contribution in [0.2, 0.25) is 1.41 Å². The van der Waals surface area contributed by atoms with Crippen molar-refractivity contribution in [3.63, 3.8) is 0 Å². The van der Waals surface area contributed by atoms with Gasteiger partial charge in [-0.05, 0) is 23.3 Å². The number of aliphatic hydroxyl groups excluding tert-OH is 3. The summed E-state index contributed by atoms with van der Waals surface area (Å²) in [5.41, 5.74) is 12.4. The van der Waals surface area contributed by atoms with Crippen molar-refractivity contribution in [2.45, 2.75) is 73.8 Å². The lowest BCUT2D eigenvalue weighted by Gasteiger charge is -2.33. The Balaban J connectivity index is 1.58. The molecule has 0 bridgehead atoms. The average Bonchev–Trinajstić information content (AvgIpc) is 3.87. The van der Waals surface area contributed by atoms with Gasteiger partial charge in [-0.15, -0.1) is 0 Å². The molecule has 22 nitrogen and oxygen atoms in total. The molecule has 5 unspecified atom stereocenters. The molecule has 2 aromatic rings. The Bertz CT molecular complexity index is 1940. The molecule has 22 heteroatoms. The Hall–Kier alpha value is -6.52. The molecule has 312 valence electrons. The Labute approximate surface area is 333 Å². The lowest BCUT2D eigenvalue weighted by atomic mass is 9.92. The van der Waals surface area contributed by atoms with E-state index in [2.05, 4.69) is 47.2 Å². The Morgan fingerprint density at radius 1 is 0.707 bits per heavy atom. The lowest BCUT2D eigenvalue weighted by Crippen LogP contribution is -2.67. The Morgan fingerprint density at radius 2 is 1.22 bits per heavy atom. The van der Waals surface area contributed by atoms with E-state index in [9.17, 15) is 49.2 Å². The van der Waals surface area contributed by atoms with Crippen molar-refractivity contribution in [2.24, 2.45) is 21.5 Å². The van der Waals surface area contributed by atoms with Gasteiger partial charge >= 0.3 is 0 Å². The first-order valence-corrected chi connectivity index (χ1v) is 18.3. The zero-order chi connectivity index (χ0) is 43.0. The second kappa shape index (κ2) is 19.1. The average molecular weight is 810 g/mol. The normalized spacial score (nSPS) is 28.3. The van der Waals surface area contributed by atoms with Crippen LogP contribution >= 0.6 is 0 Å². The van der Waals surface area contributed by atoms with E-state index in [-0.39, 0.29) is 37.2 Å². The quantitative estimate of drug-likeness (QED) is 0.112. The van der Waals surface area contributed by atoms with Gasteiger partial charge in [-0.2, -0.15) is 0 Å². The molecule has 2 aromatic carbocycles. The molecule has 0 aliphatic carbocycles. The molecule has 1 fully saturated rings. The van der Waals surface area contributed by atoms with Crippen LogP contribution < -0.4 is 54.0 Å². The fourth-order valence-electron chi connectivity index (χ4n) is 6.53. The van der Waals surface area contributed by atoms with Gasteiger partial charge in [0.15, 0.2) is 13.3 Å². The van der Waals surface area contributed by atoms with Gasteiger partial charge in [-0.1, -0.05) is 49.4 Å². The van der Waals surface area contributed by atoms with E-state index in [1.807, 2.05) is 0 Å². The number of aromatic hydroxyl groups is 1. The zero-order valence-electron chi connectivity index (χ0n) is 32.2. The molecule has 1 saturated heterocycles. The zero-order valence-corrected chi connectivity index (χ0v) is 31.2. The first-order valence-electron chi connectivity index (χ1n) is 18.8. The number of phenolic OH excluding ortho intramolecular Hbond substituents is 1. The third-order valence-electron chi connectivity index (χ3n) is 9.84. The standard InChI is InChI=1S/C36H48N12O10/c1-16(18-5-3-2-4-6-18)25-32(56)42-20(11-17-7-9-19(50)10-8-17)31(55)47-27(29(53)22-13-41-36(38)45-22)34(58)48-26(28(52)21-12-40-35(37)44-21)33(57)43-23(15-49)30(54)39-14-24(51)46-25/h2-10,16,20-23,25-29,49-50,52-53H,11-15H2,1H3,(H,39,54)(H,42,56)(H,43,57)(H,46,51)(H,47,55)(H,48,58)(H3,37,40,44)(H3,38,41,45)/t16?,20-,21?,22?,23-,25-,26+,27-,28?,29?/m0/s1/i/hD. The summed E-state index contributed by atoms with van der Waals surface area (Å²) >= 11 is 0. The first-order chi connectivity index (χ1) is 28.1. The van der Waals surface area contributed by atoms with E-state index in [0.29, 0.717) is 16.4 Å². The van der Waals surface area contributed by atoms with Gasteiger partial charge in [0.2, 0.25) is 35.4 Å². The van der Waals surface area contributed by atoms with Crippen LogP contribution in [0.1, 0.15) is 24.0 Å². The molecule has 3 aliphatic heterocycles. The Kier molecular flexibility index (Phi) is 13.5. The number of guanidine groups is 2. The summed E-state index contributed by atoms with van der Waals surface area (Å²) in [6, 6.07) is 2.92. The summed E-state index contributed by atoms with van der Waals surface area (Å²) < 4.78 is 8.83. The van der Waals surface area contributed by atoms with Crippen LogP contribution in [0.3, 0.4) is 0 Å². The number of carbonyl (C=O) groups excluding carboxylic acids is 6. The van der Waals surface area contributed by atoms with Crippen LogP contribution in [-0.4, -0.2) is 149 Å². The molecule has 0 saturated carbocycles. The third-order valence-corrected chi connectivity index (χ3v) is 9.84. The van der Waals surface area contributed by atoms with Crippen LogP contribution in [0, 0.1) is 0 Å². The summed E-state index contributed by atoms with van der Waals surface area (Å²) in [6.07, 6.45) is -3.96. The number of hydrogen-bond acceptors (Lipinski definition) is 16. The molecule has 0 spiro atoms. The smallest absolute Gasteiger partial charge is 0.246 e. The van der Waals surface area contributed by atoms with Crippen molar-refractivity contribution in [2.75, 3.05) is 26.2 Å². The summed E-state index contributed by atoms with van der Waals surface area (Å²) in [6.45, 7) is -0.663. The van der Waals surface area contributed by atoms with E-state index in [4.69, 9.17) is 12.9 Å². The minimum Gasteiger partial charge on any atom is -0.508 e. The number of rotatable bonds is 9. The number of hydrogen-bond donors (Lipinski definition) is 14. The second-order valence-electron chi connectivity index (χ2n) is 14.0. The number of aliphatic hydroxyl groups is 3. The number of benzene rings is 2. The summed E-state index contributed by atoms with van der Waals surface area (Å²) in [5.74, 6) is -7.87. The number of aliphatic imine (C=N–C) groups is 2. The molecule has 6 amide bonds. The predicted molar refractivity (Wildman–Crippen MR) is 205 cm³/mol.